The molecule has 1 amide bonds. The predicted octanol–water partition coefficient (Wildman–Crippen LogP) is 3.43. The Balaban J connectivity index is 1.61. The Bertz CT molecular complexity index is 985. The van der Waals surface area contributed by atoms with Crippen molar-refractivity contribution in [1.82, 2.24) is 15.2 Å². The Morgan fingerprint density at radius 1 is 1.26 bits per heavy atom. The molecule has 0 radical (unpaired) electrons. The molecule has 0 atom stereocenters. The maximum absolute atomic E-state index is 12.6. The van der Waals surface area contributed by atoms with E-state index in [-0.39, 0.29) is 11.4 Å². The van der Waals surface area contributed by atoms with Gasteiger partial charge in [-0.25, -0.2) is 4.98 Å². The highest BCUT2D eigenvalue weighted by molar-refractivity contribution is 7.17. The molecule has 1 N–H and O–H groups in total. The van der Waals surface area contributed by atoms with E-state index in [1.54, 1.807) is 0 Å². The van der Waals surface area contributed by atoms with Crippen LogP contribution in [-0.2, 0) is 6.42 Å². The van der Waals surface area contributed by atoms with E-state index in [1.165, 1.54) is 22.6 Å². The van der Waals surface area contributed by atoms with E-state index in [2.05, 4.69) is 60.2 Å². The molecule has 1 aromatic carbocycles. The monoisotopic (exact) mass is 443 g/mol. The molecule has 3 heterocycles. The van der Waals surface area contributed by atoms with Crippen LogP contribution in [0.25, 0.3) is 0 Å². The lowest BCUT2D eigenvalue weighted by molar-refractivity contribution is 0.0901. The minimum Gasteiger partial charge on any atom is -0.489 e. The number of carbonyl (C=O) groups excluding carboxylic acids is 1. The molecule has 0 saturated carbocycles. The highest BCUT2D eigenvalue weighted by Crippen LogP contribution is 2.43. The Morgan fingerprint density at radius 2 is 2.03 bits per heavy atom. The fourth-order valence-electron chi connectivity index (χ4n) is 4.29. The molecule has 0 bridgehead atoms. The van der Waals surface area contributed by atoms with E-state index in [9.17, 15) is 4.79 Å². The molecule has 2 aromatic rings. The van der Waals surface area contributed by atoms with Gasteiger partial charge in [-0.3, -0.25) is 4.79 Å². The molecular weight excluding hydrogens is 410 g/mol. The molecule has 2 aliphatic rings. The lowest BCUT2D eigenvalue weighted by Crippen LogP contribution is -2.48. The summed E-state index contributed by atoms with van der Waals surface area (Å²) in [4.78, 5) is 24.9. The average molecular weight is 444 g/mol. The SMILES string of the molecule is Cc1cc2c(cc1N(C)CCCN(C)C)OCCN2c1nc2c(s1)C(=O)NC(C)(C)C2. The fourth-order valence-corrected chi connectivity index (χ4v) is 5.31. The Hall–Kier alpha value is -2.32. The van der Waals surface area contributed by atoms with Crippen molar-refractivity contribution < 1.29 is 9.53 Å². The highest BCUT2D eigenvalue weighted by atomic mass is 32.1. The number of thiazole rings is 1. The number of hydrogen-bond acceptors (Lipinski definition) is 7. The van der Waals surface area contributed by atoms with Gasteiger partial charge in [0.05, 0.1) is 17.9 Å². The molecule has 0 saturated heterocycles. The number of fused-ring (bicyclic) bond motifs is 2. The van der Waals surface area contributed by atoms with Crippen molar-refractivity contribution in [2.24, 2.45) is 0 Å². The van der Waals surface area contributed by atoms with E-state index in [0.29, 0.717) is 6.61 Å². The van der Waals surface area contributed by atoms with Crippen molar-refractivity contribution >= 4 is 33.8 Å². The Labute approximate surface area is 189 Å². The van der Waals surface area contributed by atoms with Gasteiger partial charge in [0, 0.05) is 37.3 Å². The second-order valence-corrected chi connectivity index (χ2v) is 10.4. The van der Waals surface area contributed by atoms with E-state index in [0.717, 1.165) is 59.6 Å². The summed E-state index contributed by atoms with van der Waals surface area (Å²) in [6, 6.07) is 4.34. The third-order valence-electron chi connectivity index (χ3n) is 5.84. The lowest BCUT2D eigenvalue weighted by atomic mass is 9.94. The minimum absolute atomic E-state index is 0.0191. The van der Waals surface area contributed by atoms with Crippen molar-refractivity contribution in [3.8, 4) is 5.75 Å². The van der Waals surface area contributed by atoms with Crippen LogP contribution in [0.15, 0.2) is 12.1 Å². The fraction of sp³-hybridized carbons (Fsp3) is 0.565. The normalized spacial score (nSPS) is 17.1. The first-order chi connectivity index (χ1) is 14.6. The van der Waals surface area contributed by atoms with Gasteiger partial charge in [-0.1, -0.05) is 11.3 Å². The van der Waals surface area contributed by atoms with Gasteiger partial charge >= 0.3 is 0 Å². The molecular formula is C23H33N5O2S. The highest BCUT2D eigenvalue weighted by Gasteiger charge is 2.35. The van der Waals surface area contributed by atoms with Crippen molar-refractivity contribution in [3.05, 3.63) is 28.3 Å². The number of amides is 1. The zero-order chi connectivity index (χ0) is 22.3. The predicted molar refractivity (Wildman–Crippen MR) is 127 cm³/mol. The number of benzene rings is 1. The molecule has 4 rings (SSSR count). The van der Waals surface area contributed by atoms with Crippen molar-refractivity contribution in [1.29, 1.82) is 0 Å². The van der Waals surface area contributed by atoms with E-state index in [1.807, 2.05) is 13.8 Å². The van der Waals surface area contributed by atoms with Crippen molar-refractivity contribution in [2.75, 3.05) is 57.2 Å². The van der Waals surface area contributed by atoms with Gasteiger partial charge in [-0.05, 0) is 59.5 Å². The summed E-state index contributed by atoms with van der Waals surface area (Å²) in [7, 11) is 6.35. The summed E-state index contributed by atoms with van der Waals surface area (Å²) in [6.07, 6.45) is 1.85. The van der Waals surface area contributed by atoms with Crippen LogP contribution in [0.3, 0.4) is 0 Å². The minimum atomic E-state index is -0.263. The number of ether oxygens (including phenoxy) is 1. The third-order valence-corrected chi connectivity index (χ3v) is 6.95. The van der Waals surface area contributed by atoms with Crippen molar-refractivity contribution in [3.63, 3.8) is 0 Å². The van der Waals surface area contributed by atoms with Gasteiger partial charge in [-0.2, -0.15) is 0 Å². The standard InChI is InChI=1S/C23H33N5O2S/c1-15-12-18-19(13-17(15)27(6)9-7-8-26(4)5)30-11-10-28(18)22-24-16-14-23(2,3)25-21(29)20(16)31-22/h12-13H,7-11,14H2,1-6H3,(H,25,29). The Kier molecular flexibility index (Phi) is 5.87. The number of aryl methyl sites for hydroxylation is 1. The van der Waals surface area contributed by atoms with Gasteiger partial charge < -0.3 is 24.8 Å². The van der Waals surface area contributed by atoms with Gasteiger partial charge in [0.25, 0.3) is 5.91 Å². The largest absolute Gasteiger partial charge is 0.489 e. The summed E-state index contributed by atoms with van der Waals surface area (Å²) >= 11 is 1.48. The second-order valence-electron chi connectivity index (χ2n) is 9.47. The zero-order valence-electron chi connectivity index (χ0n) is 19.4. The first-order valence-corrected chi connectivity index (χ1v) is 11.7. The molecule has 0 spiro atoms. The molecule has 31 heavy (non-hydrogen) atoms. The van der Waals surface area contributed by atoms with Gasteiger partial charge in [-0.15, -0.1) is 0 Å². The second kappa shape index (κ2) is 8.31. The van der Waals surface area contributed by atoms with Crippen LogP contribution in [0.5, 0.6) is 5.75 Å². The first-order valence-electron chi connectivity index (χ1n) is 10.9. The van der Waals surface area contributed by atoms with E-state index < -0.39 is 0 Å². The van der Waals surface area contributed by atoms with Crippen LogP contribution in [0.2, 0.25) is 0 Å². The number of rotatable bonds is 6. The quantitative estimate of drug-likeness (QED) is 0.738. The zero-order valence-corrected chi connectivity index (χ0v) is 20.2. The van der Waals surface area contributed by atoms with E-state index in [4.69, 9.17) is 9.72 Å². The van der Waals surface area contributed by atoms with Crippen LogP contribution < -0.4 is 19.9 Å². The third kappa shape index (κ3) is 4.50. The Morgan fingerprint density at radius 3 is 2.77 bits per heavy atom. The van der Waals surface area contributed by atoms with Crippen LogP contribution in [-0.4, -0.2) is 68.7 Å². The summed E-state index contributed by atoms with van der Waals surface area (Å²) in [5, 5.41) is 3.95. The lowest BCUT2D eigenvalue weighted by Gasteiger charge is -2.32. The number of hydrogen-bond donors (Lipinski definition) is 1. The summed E-state index contributed by atoms with van der Waals surface area (Å²) in [5.74, 6) is 0.860. The molecule has 2 aliphatic heterocycles. The van der Waals surface area contributed by atoms with Crippen LogP contribution >= 0.6 is 11.3 Å². The molecule has 7 nitrogen and oxygen atoms in total. The van der Waals surface area contributed by atoms with Crippen LogP contribution in [0, 0.1) is 6.92 Å². The molecule has 8 heteroatoms. The maximum Gasteiger partial charge on any atom is 0.263 e. The summed E-state index contributed by atoms with van der Waals surface area (Å²) < 4.78 is 6.04. The number of carbonyl (C=O) groups is 1. The van der Waals surface area contributed by atoms with Gasteiger partial charge in [0.2, 0.25) is 0 Å². The topological polar surface area (TPSA) is 60.9 Å². The summed E-state index contributed by atoms with van der Waals surface area (Å²) in [6.45, 7) is 9.61. The molecule has 0 unspecified atom stereocenters. The number of nitrogens with one attached hydrogen (secondary N) is 1. The first kappa shape index (κ1) is 21.9. The summed E-state index contributed by atoms with van der Waals surface area (Å²) in [5.41, 5.74) is 4.07. The number of anilines is 3. The van der Waals surface area contributed by atoms with Gasteiger partial charge in [0.1, 0.15) is 17.2 Å². The molecule has 168 valence electrons. The van der Waals surface area contributed by atoms with E-state index >= 15 is 0 Å². The smallest absolute Gasteiger partial charge is 0.263 e. The number of nitrogens with zero attached hydrogens (tertiary/aromatic N) is 4. The van der Waals surface area contributed by atoms with Crippen LogP contribution in [0.4, 0.5) is 16.5 Å². The molecule has 0 fully saturated rings. The maximum atomic E-state index is 12.6. The average Bonchev–Trinajstić information content (AvgIpc) is 3.09. The molecule has 1 aromatic heterocycles. The van der Waals surface area contributed by atoms with Crippen molar-refractivity contribution in [2.45, 2.75) is 39.2 Å². The van der Waals surface area contributed by atoms with Gasteiger partial charge in [0.15, 0.2) is 5.13 Å². The number of aromatic nitrogens is 1. The van der Waals surface area contributed by atoms with Crippen LogP contribution in [0.1, 0.15) is 41.2 Å². The molecule has 0 aliphatic carbocycles.